The molecule has 0 unspecified atom stereocenters. The van der Waals surface area contributed by atoms with Gasteiger partial charge in [-0.05, 0) is 49.5 Å². The number of anilines is 2. The number of nitrogens with one attached hydrogen (secondary N) is 1. The smallest absolute Gasteiger partial charge is 0.269 e. The highest BCUT2D eigenvalue weighted by Gasteiger charge is 2.20. The van der Waals surface area contributed by atoms with Crippen LogP contribution in [0.3, 0.4) is 0 Å². The van der Waals surface area contributed by atoms with Crippen molar-refractivity contribution in [2.75, 3.05) is 23.3 Å². The summed E-state index contributed by atoms with van der Waals surface area (Å²) in [4.78, 5) is 26.5. The van der Waals surface area contributed by atoms with E-state index in [9.17, 15) is 9.59 Å². The van der Waals surface area contributed by atoms with Crippen LogP contribution in [0.5, 0.6) is 0 Å². The van der Waals surface area contributed by atoms with Crippen LogP contribution in [-0.2, 0) is 0 Å². The molecule has 23 heavy (non-hydrogen) atoms. The molecule has 0 aliphatic carbocycles. The Kier molecular flexibility index (Phi) is 4.24. The number of aromatic nitrogens is 2. The number of benzene rings is 1. The number of rotatable bonds is 4. The van der Waals surface area contributed by atoms with Gasteiger partial charge in [-0.1, -0.05) is 4.49 Å². The van der Waals surface area contributed by atoms with Gasteiger partial charge in [-0.15, -0.1) is 5.10 Å². The van der Waals surface area contributed by atoms with Crippen LogP contribution in [0.2, 0.25) is 0 Å². The zero-order valence-corrected chi connectivity index (χ0v) is 13.5. The third-order valence-electron chi connectivity index (χ3n) is 3.83. The van der Waals surface area contributed by atoms with Crippen LogP contribution in [0.1, 0.15) is 38.6 Å². The first-order chi connectivity index (χ1) is 11.1. The number of primary amides is 1. The highest BCUT2D eigenvalue weighted by Crippen LogP contribution is 2.30. The number of hydrogen-bond donors (Lipinski definition) is 2. The molecule has 0 atom stereocenters. The Labute approximate surface area is 137 Å². The fourth-order valence-electron chi connectivity index (χ4n) is 2.64. The van der Waals surface area contributed by atoms with Crippen LogP contribution < -0.4 is 16.0 Å². The molecule has 8 heteroatoms. The summed E-state index contributed by atoms with van der Waals surface area (Å²) in [5.41, 5.74) is 7.78. The molecule has 1 fully saturated rings. The minimum atomic E-state index is -0.524. The second-order valence-electron chi connectivity index (χ2n) is 5.43. The van der Waals surface area contributed by atoms with Crippen molar-refractivity contribution in [3.63, 3.8) is 0 Å². The van der Waals surface area contributed by atoms with Gasteiger partial charge in [0.15, 0.2) is 0 Å². The molecule has 1 saturated heterocycles. The van der Waals surface area contributed by atoms with E-state index in [-0.39, 0.29) is 5.91 Å². The largest absolute Gasteiger partial charge is 0.370 e. The molecule has 2 aromatic rings. The van der Waals surface area contributed by atoms with Crippen LogP contribution in [0.4, 0.5) is 11.4 Å². The maximum atomic E-state index is 12.4. The summed E-state index contributed by atoms with van der Waals surface area (Å²) in [7, 11) is 0. The van der Waals surface area contributed by atoms with E-state index >= 15 is 0 Å². The van der Waals surface area contributed by atoms with Crippen LogP contribution in [0, 0.1) is 6.92 Å². The Bertz CT molecular complexity index is 752. The normalized spacial score (nSPS) is 14.0. The second-order valence-corrected chi connectivity index (χ2v) is 6.19. The molecule has 1 aromatic heterocycles. The lowest BCUT2D eigenvalue weighted by molar-refractivity contribution is 0.0996. The fraction of sp³-hybridized carbons (Fsp3) is 0.333. The number of nitrogens with zero attached hydrogens (tertiary/aromatic N) is 3. The van der Waals surface area contributed by atoms with E-state index in [1.165, 1.54) is 0 Å². The van der Waals surface area contributed by atoms with E-state index in [2.05, 4.69) is 19.8 Å². The van der Waals surface area contributed by atoms with Gasteiger partial charge < -0.3 is 16.0 Å². The van der Waals surface area contributed by atoms with Gasteiger partial charge in [0.1, 0.15) is 4.88 Å². The van der Waals surface area contributed by atoms with Crippen molar-refractivity contribution >= 4 is 34.7 Å². The zero-order chi connectivity index (χ0) is 16.4. The average molecular weight is 331 g/mol. The van der Waals surface area contributed by atoms with E-state index in [0.717, 1.165) is 43.2 Å². The zero-order valence-electron chi connectivity index (χ0n) is 12.7. The summed E-state index contributed by atoms with van der Waals surface area (Å²) < 4.78 is 3.78. The average Bonchev–Trinajstić information content (AvgIpc) is 3.18. The van der Waals surface area contributed by atoms with Crippen LogP contribution in [0.15, 0.2) is 18.2 Å². The molecule has 2 heterocycles. The Hall–Kier alpha value is -2.48. The van der Waals surface area contributed by atoms with Gasteiger partial charge in [0.25, 0.3) is 5.91 Å². The standard InChI is InChI=1S/C15H17N5O2S/c1-9-13(23-19-18-9)15(22)17-11-8-10(14(16)21)4-5-12(11)20-6-2-3-7-20/h4-5,8H,2-3,6-7H2,1H3,(H2,16,21)(H,17,22). The Morgan fingerprint density at radius 3 is 2.65 bits per heavy atom. The van der Waals surface area contributed by atoms with E-state index in [1.54, 1.807) is 19.1 Å². The van der Waals surface area contributed by atoms with Crippen molar-refractivity contribution in [1.29, 1.82) is 0 Å². The minimum absolute atomic E-state index is 0.278. The number of nitrogens with two attached hydrogens (primary N) is 1. The quantitative estimate of drug-likeness (QED) is 0.889. The summed E-state index contributed by atoms with van der Waals surface area (Å²) in [6.45, 7) is 3.60. The first kappa shape index (κ1) is 15.4. The molecule has 3 N–H and O–H groups in total. The number of hydrogen-bond acceptors (Lipinski definition) is 6. The van der Waals surface area contributed by atoms with Gasteiger partial charge in [0, 0.05) is 18.7 Å². The van der Waals surface area contributed by atoms with Crippen molar-refractivity contribution < 1.29 is 9.59 Å². The van der Waals surface area contributed by atoms with Crippen molar-refractivity contribution in [3.8, 4) is 0 Å². The molecule has 0 radical (unpaired) electrons. The molecular formula is C15H17N5O2S. The van der Waals surface area contributed by atoms with E-state index in [4.69, 9.17) is 5.73 Å². The third kappa shape index (κ3) is 3.16. The van der Waals surface area contributed by atoms with Crippen molar-refractivity contribution in [1.82, 2.24) is 9.59 Å². The molecular weight excluding hydrogens is 314 g/mol. The minimum Gasteiger partial charge on any atom is -0.370 e. The van der Waals surface area contributed by atoms with E-state index < -0.39 is 5.91 Å². The third-order valence-corrected chi connectivity index (χ3v) is 4.66. The van der Waals surface area contributed by atoms with E-state index in [0.29, 0.717) is 21.8 Å². The van der Waals surface area contributed by atoms with Crippen LogP contribution in [-0.4, -0.2) is 34.5 Å². The van der Waals surface area contributed by atoms with Crippen molar-refractivity contribution in [3.05, 3.63) is 34.3 Å². The summed E-state index contributed by atoms with van der Waals surface area (Å²) in [6.07, 6.45) is 2.23. The SMILES string of the molecule is Cc1nnsc1C(=O)Nc1cc(C(N)=O)ccc1N1CCCC1. The van der Waals surface area contributed by atoms with Gasteiger partial charge in [0.2, 0.25) is 5.91 Å². The van der Waals surface area contributed by atoms with Crippen LogP contribution >= 0.6 is 11.5 Å². The summed E-state index contributed by atoms with van der Waals surface area (Å²) >= 11 is 1.05. The van der Waals surface area contributed by atoms with Gasteiger partial charge in [-0.2, -0.15) is 0 Å². The topological polar surface area (TPSA) is 101 Å². The lowest BCUT2D eigenvalue weighted by Gasteiger charge is -2.22. The molecule has 0 bridgehead atoms. The number of carbonyl (C=O) groups is 2. The first-order valence-electron chi connectivity index (χ1n) is 7.35. The Morgan fingerprint density at radius 1 is 1.30 bits per heavy atom. The van der Waals surface area contributed by atoms with Crippen molar-refractivity contribution in [2.45, 2.75) is 19.8 Å². The van der Waals surface area contributed by atoms with Gasteiger partial charge in [-0.3, -0.25) is 9.59 Å². The molecule has 120 valence electrons. The molecule has 1 aliphatic heterocycles. The Balaban J connectivity index is 1.94. The monoisotopic (exact) mass is 331 g/mol. The highest BCUT2D eigenvalue weighted by atomic mass is 32.1. The predicted molar refractivity (Wildman–Crippen MR) is 89.0 cm³/mol. The number of amides is 2. The maximum Gasteiger partial charge on any atom is 0.269 e. The highest BCUT2D eigenvalue weighted by molar-refractivity contribution is 7.08. The van der Waals surface area contributed by atoms with Crippen LogP contribution in [0.25, 0.3) is 0 Å². The van der Waals surface area contributed by atoms with Gasteiger partial charge in [-0.25, -0.2) is 0 Å². The molecule has 0 saturated carbocycles. The second kappa shape index (κ2) is 6.33. The summed E-state index contributed by atoms with van der Waals surface area (Å²) in [5.74, 6) is -0.802. The van der Waals surface area contributed by atoms with Gasteiger partial charge in [0.05, 0.1) is 17.1 Å². The van der Waals surface area contributed by atoms with E-state index in [1.807, 2.05) is 6.07 Å². The lowest BCUT2D eigenvalue weighted by atomic mass is 10.1. The number of aryl methyl sites for hydroxylation is 1. The lowest BCUT2D eigenvalue weighted by Crippen LogP contribution is -2.22. The number of carbonyl (C=O) groups excluding carboxylic acids is 2. The molecule has 0 spiro atoms. The fourth-order valence-corrected chi connectivity index (χ4v) is 3.19. The van der Waals surface area contributed by atoms with Crippen molar-refractivity contribution in [2.24, 2.45) is 5.73 Å². The summed E-state index contributed by atoms with van der Waals surface area (Å²) in [5, 5.41) is 6.72. The molecule has 1 aliphatic rings. The first-order valence-corrected chi connectivity index (χ1v) is 8.12. The maximum absolute atomic E-state index is 12.4. The summed E-state index contributed by atoms with van der Waals surface area (Å²) in [6, 6.07) is 5.14. The molecule has 2 amide bonds. The predicted octanol–water partition coefficient (Wildman–Crippen LogP) is 1.80. The van der Waals surface area contributed by atoms with Gasteiger partial charge >= 0.3 is 0 Å². The Morgan fingerprint density at radius 2 is 2.04 bits per heavy atom. The molecule has 1 aromatic carbocycles. The molecule has 3 rings (SSSR count). The molecule has 7 nitrogen and oxygen atoms in total.